The molecule has 0 saturated carbocycles. The minimum Gasteiger partial charge on any atom is -0.313 e. The second-order valence-corrected chi connectivity index (χ2v) is 8.28. The number of rotatable bonds is 4. The zero-order valence-corrected chi connectivity index (χ0v) is 16.3. The summed E-state index contributed by atoms with van der Waals surface area (Å²) >= 11 is 0. The van der Waals surface area contributed by atoms with Crippen LogP contribution in [0.25, 0.3) is 0 Å². The molecule has 4 heterocycles. The lowest BCUT2D eigenvalue weighted by Gasteiger charge is -2.18. The van der Waals surface area contributed by atoms with E-state index in [0.717, 1.165) is 56.4 Å². The topological polar surface area (TPSA) is 75.5 Å². The molecule has 0 radical (unpaired) electrons. The van der Waals surface area contributed by atoms with E-state index in [-0.39, 0.29) is 5.41 Å². The van der Waals surface area contributed by atoms with Crippen molar-refractivity contribution in [3.8, 4) is 0 Å². The smallest absolute Gasteiger partial charge is 0.137 e. The van der Waals surface area contributed by atoms with Gasteiger partial charge >= 0.3 is 0 Å². The van der Waals surface area contributed by atoms with Crippen molar-refractivity contribution in [3.05, 3.63) is 59.2 Å². The minimum absolute atomic E-state index is 0.0721. The second-order valence-electron chi connectivity index (χ2n) is 8.28. The molecule has 0 saturated heterocycles. The number of aromatic nitrogens is 6. The summed E-state index contributed by atoms with van der Waals surface area (Å²) in [4.78, 5) is 6.66. The van der Waals surface area contributed by atoms with Gasteiger partial charge in [0.2, 0.25) is 0 Å². The predicted molar refractivity (Wildman–Crippen MR) is 103 cm³/mol. The monoisotopic (exact) mass is 365 g/mol. The Morgan fingerprint density at radius 3 is 2.78 bits per heavy atom. The van der Waals surface area contributed by atoms with Crippen molar-refractivity contribution in [2.45, 2.75) is 52.1 Å². The molecule has 1 aliphatic heterocycles. The van der Waals surface area contributed by atoms with Crippen molar-refractivity contribution in [3.63, 3.8) is 0 Å². The molecule has 7 heteroatoms. The number of aromatic amines is 1. The summed E-state index contributed by atoms with van der Waals surface area (Å²) in [7, 11) is 0. The zero-order chi connectivity index (χ0) is 18.9. The summed E-state index contributed by atoms with van der Waals surface area (Å²) in [5, 5.41) is 16.5. The van der Waals surface area contributed by atoms with Crippen LogP contribution in [0.1, 0.15) is 49.4 Å². The fraction of sp³-hybridized carbons (Fsp3) is 0.500. The first-order valence-electron chi connectivity index (χ1n) is 9.56. The van der Waals surface area contributed by atoms with Crippen molar-refractivity contribution < 1.29 is 0 Å². The van der Waals surface area contributed by atoms with Crippen LogP contribution in [0.15, 0.2) is 30.6 Å². The summed E-state index contributed by atoms with van der Waals surface area (Å²) in [5.41, 5.74) is 3.53. The van der Waals surface area contributed by atoms with Crippen LogP contribution in [-0.2, 0) is 31.3 Å². The first-order chi connectivity index (χ1) is 13.0. The van der Waals surface area contributed by atoms with Crippen LogP contribution in [0, 0.1) is 0 Å². The number of hydrogen-bond donors (Lipinski definition) is 1. The lowest BCUT2D eigenvalue weighted by molar-refractivity contribution is 0.267. The average Bonchev–Trinajstić information content (AvgIpc) is 3.20. The van der Waals surface area contributed by atoms with Crippen LogP contribution in [0.4, 0.5) is 0 Å². The fourth-order valence-electron chi connectivity index (χ4n) is 3.47. The summed E-state index contributed by atoms with van der Waals surface area (Å²) in [6.45, 7) is 10.3. The Morgan fingerprint density at radius 2 is 2.04 bits per heavy atom. The van der Waals surface area contributed by atoms with Crippen molar-refractivity contribution in [1.82, 2.24) is 34.8 Å². The third-order valence-electron chi connectivity index (χ3n) is 5.07. The molecule has 3 aromatic heterocycles. The van der Waals surface area contributed by atoms with Gasteiger partial charge in [-0.3, -0.25) is 15.0 Å². The molecule has 142 valence electrons. The van der Waals surface area contributed by atoms with Gasteiger partial charge in [0.15, 0.2) is 0 Å². The second kappa shape index (κ2) is 7.23. The SMILES string of the molecule is CC(C)(C)c1cc(CN2CCc3nnc(Cc4cccnc4)n3CC2)[nH]n1. The van der Waals surface area contributed by atoms with Crippen molar-refractivity contribution in [1.29, 1.82) is 0 Å². The van der Waals surface area contributed by atoms with Gasteiger partial charge in [0.05, 0.1) is 5.69 Å². The molecule has 0 unspecified atom stereocenters. The van der Waals surface area contributed by atoms with Crippen LogP contribution in [0.5, 0.6) is 0 Å². The number of H-pyrrole nitrogens is 1. The van der Waals surface area contributed by atoms with Crippen LogP contribution >= 0.6 is 0 Å². The van der Waals surface area contributed by atoms with Gasteiger partial charge in [-0.2, -0.15) is 5.10 Å². The van der Waals surface area contributed by atoms with Gasteiger partial charge in [-0.25, -0.2) is 0 Å². The van der Waals surface area contributed by atoms with Gasteiger partial charge in [0.25, 0.3) is 0 Å². The van der Waals surface area contributed by atoms with E-state index in [2.05, 4.69) is 67.7 Å². The summed E-state index contributed by atoms with van der Waals surface area (Å²) in [6.07, 6.45) is 5.39. The molecule has 27 heavy (non-hydrogen) atoms. The van der Waals surface area contributed by atoms with Crippen LogP contribution in [0.2, 0.25) is 0 Å². The normalized spacial score (nSPS) is 15.5. The van der Waals surface area contributed by atoms with E-state index in [1.54, 1.807) is 6.20 Å². The molecule has 4 rings (SSSR count). The Morgan fingerprint density at radius 1 is 1.15 bits per heavy atom. The van der Waals surface area contributed by atoms with Crippen molar-refractivity contribution in [2.75, 3.05) is 13.1 Å². The third kappa shape index (κ3) is 4.08. The quantitative estimate of drug-likeness (QED) is 0.768. The number of nitrogens with zero attached hydrogens (tertiary/aromatic N) is 6. The Labute approximate surface area is 159 Å². The van der Waals surface area contributed by atoms with E-state index < -0.39 is 0 Å². The molecule has 0 spiro atoms. The Bertz CT molecular complexity index is 889. The van der Waals surface area contributed by atoms with E-state index >= 15 is 0 Å². The Hall–Kier alpha value is -2.54. The van der Waals surface area contributed by atoms with Crippen LogP contribution in [-0.4, -0.2) is 47.9 Å². The third-order valence-corrected chi connectivity index (χ3v) is 5.07. The highest BCUT2D eigenvalue weighted by Crippen LogP contribution is 2.21. The molecule has 1 N–H and O–H groups in total. The molecular weight excluding hydrogens is 338 g/mol. The molecule has 3 aromatic rings. The Balaban J connectivity index is 1.42. The van der Waals surface area contributed by atoms with Crippen molar-refractivity contribution >= 4 is 0 Å². The zero-order valence-electron chi connectivity index (χ0n) is 16.3. The Kier molecular flexibility index (Phi) is 4.78. The standard InChI is InChI=1S/C20H27N7/c1-20(2,3)17-12-16(22-23-17)14-26-8-6-18-24-25-19(27(18)10-9-26)11-15-5-4-7-21-13-15/h4-5,7,12-13H,6,8-11,14H2,1-3H3,(H,22,23). The van der Waals surface area contributed by atoms with E-state index in [1.807, 2.05) is 12.3 Å². The first-order valence-corrected chi connectivity index (χ1v) is 9.56. The summed E-state index contributed by atoms with van der Waals surface area (Å²) in [6, 6.07) is 6.24. The number of hydrogen-bond acceptors (Lipinski definition) is 5. The highest BCUT2D eigenvalue weighted by molar-refractivity contribution is 5.17. The van der Waals surface area contributed by atoms with Gasteiger partial charge in [0, 0.05) is 62.5 Å². The minimum atomic E-state index is 0.0721. The van der Waals surface area contributed by atoms with Gasteiger partial charge in [-0.05, 0) is 17.7 Å². The average molecular weight is 365 g/mol. The maximum absolute atomic E-state index is 4.48. The lowest BCUT2D eigenvalue weighted by atomic mass is 9.92. The highest BCUT2D eigenvalue weighted by Gasteiger charge is 2.21. The van der Waals surface area contributed by atoms with E-state index in [9.17, 15) is 0 Å². The van der Waals surface area contributed by atoms with Gasteiger partial charge < -0.3 is 4.57 Å². The first kappa shape index (κ1) is 17.9. The number of nitrogens with one attached hydrogen (secondary N) is 1. The molecule has 7 nitrogen and oxygen atoms in total. The van der Waals surface area contributed by atoms with E-state index in [4.69, 9.17) is 0 Å². The van der Waals surface area contributed by atoms with Gasteiger partial charge in [0.1, 0.15) is 11.6 Å². The molecular formula is C20H27N7. The fourth-order valence-corrected chi connectivity index (χ4v) is 3.47. The largest absolute Gasteiger partial charge is 0.313 e. The van der Waals surface area contributed by atoms with Crippen LogP contribution in [0.3, 0.4) is 0 Å². The number of fused-ring (bicyclic) bond motifs is 1. The molecule has 0 aliphatic carbocycles. The van der Waals surface area contributed by atoms with E-state index in [1.165, 1.54) is 11.3 Å². The van der Waals surface area contributed by atoms with E-state index in [0.29, 0.717) is 0 Å². The molecule has 0 atom stereocenters. The molecule has 0 fully saturated rings. The van der Waals surface area contributed by atoms with Gasteiger partial charge in [-0.1, -0.05) is 26.8 Å². The predicted octanol–water partition coefficient (Wildman–Crippen LogP) is 2.34. The summed E-state index contributed by atoms with van der Waals surface area (Å²) < 4.78 is 2.28. The number of pyridine rings is 1. The summed E-state index contributed by atoms with van der Waals surface area (Å²) in [5.74, 6) is 2.10. The maximum Gasteiger partial charge on any atom is 0.137 e. The highest BCUT2D eigenvalue weighted by atomic mass is 15.3. The van der Waals surface area contributed by atoms with Gasteiger partial charge in [-0.15, -0.1) is 10.2 Å². The maximum atomic E-state index is 4.48. The molecule has 0 bridgehead atoms. The van der Waals surface area contributed by atoms with Crippen LogP contribution < -0.4 is 0 Å². The van der Waals surface area contributed by atoms with Crippen molar-refractivity contribution in [2.24, 2.45) is 0 Å². The molecule has 0 amide bonds. The molecule has 1 aliphatic rings. The molecule has 0 aromatic carbocycles. The lowest BCUT2D eigenvalue weighted by Crippen LogP contribution is -2.27.